The molecule has 1 atom stereocenters. The van der Waals surface area contributed by atoms with Crippen molar-refractivity contribution in [3.63, 3.8) is 0 Å². The number of fused-ring (bicyclic) bond motifs is 1. The van der Waals surface area contributed by atoms with E-state index in [-0.39, 0.29) is 18.4 Å². The van der Waals surface area contributed by atoms with Crippen molar-refractivity contribution < 1.29 is 28.0 Å². The number of piperazine rings is 1. The largest absolute Gasteiger partial charge is 0.494 e. The lowest BCUT2D eigenvalue weighted by atomic mass is 9.89. The number of aromatic nitrogens is 3. The number of benzene rings is 3. The number of hydrogen-bond acceptors (Lipinski definition) is 12. The first-order chi connectivity index (χ1) is 31.9. The topological polar surface area (TPSA) is 148 Å². The molecule has 4 aliphatic heterocycles. The maximum atomic E-state index is 15.1. The summed E-state index contributed by atoms with van der Waals surface area (Å²) in [7, 11) is -0.710. The first-order valence-electron chi connectivity index (χ1n) is 23.2. The first-order valence-corrected chi connectivity index (χ1v) is 26.1. The Morgan fingerprint density at radius 1 is 0.924 bits per heavy atom. The number of imide groups is 1. The van der Waals surface area contributed by atoms with Gasteiger partial charge in [0.15, 0.2) is 0 Å². The molecule has 4 fully saturated rings. The molecule has 5 aromatic rings. The predicted molar refractivity (Wildman–Crippen MR) is 261 cm³/mol. The van der Waals surface area contributed by atoms with Gasteiger partial charge in [-0.2, -0.15) is 4.98 Å². The second-order valence-corrected chi connectivity index (χ2v) is 22.1. The molecule has 2 amide bonds. The average Bonchev–Trinajstić information content (AvgIpc) is 3.76. The van der Waals surface area contributed by atoms with Gasteiger partial charge in [-0.25, -0.2) is 13.8 Å². The number of rotatable bonds is 13. The van der Waals surface area contributed by atoms with Crippen LogP contribution in [-0.2, 0) is 22.4 Å². The summed E-state index contributed by atoms with van der Waals surface area (Å²) in [6.07, 6.45) is 8.94. The maximum absolute atomic E-state index is 15.1. The van der Waals surface area contributed by atoms with Crippen molar-refractivity contribution in [2.24, 2.45) is 0 Å². The molecule has 0 aliphatic carbocycles. The SMILES string of the molecule is CCc1cc(Nc2ncc(Br)c(Nc3ccc4nc(C)ccc4c3[P]3(O)CCCC3)n2)c(OC)cc1N1CCC(N2CCN(CCc3cc(F)c(C4CCC(=O)NC4=O)c(F)c3)CC2)CC1. The summed E-state index contributed by atoms with van der Waals surface area (Å²) in [6, 6.07) is 15.5. The van der Waals surface area contributed by atoms with Gasteiger partial charge in [-0.15, -0.1) is 0 Å². The van der Waals surface area contributed by atoms with Crippen LogP contribution in [0.4, 0.5) is 37.6 Å². The molecule has 4 aliphatic rings. The minimum atomic E-state index is -2.39. The van der Waals surface area contributed by atoms with Crippen LogP contribution >= 0.6 is 23.4 Å². The number of ether oxygens (including phenoxy) is 1. The monoisotopic (exact) mass is 984 g/mol. The number of aryl methyl sites for hydroxylation is 2. The van der Waals surface area contributed by atoms with Crippen LogP contribution in [0, 0.1) is 18.6 Å². The number of carbonyl (C=O) groups is 2. The molecular weight excluding hydrogens is 927 g/mol. The highest BCUT2D eigenvalue weighted by atomic mass is 79.9. The quantitative estimate of drug-likeness (QED) is 0.0668. The van der Waals surface area contributed by atoms with Gasteiger partial charge in [-0.1, -0.05) is 13.0 Å². The minimum absolute atomic E-state index is 0.0666. The van der Waals surface area contributed by atoms with Crippen molar-refractivity contribution in [3.05, 3.63) is 93.2 Å². The summed E-state index contributed by atoms with van der Waals surface area (Å²) < 4.78 is 36.9. The van der Waals surface area contributed by atoms with Gasteiger partial charge >= 0.3 is 0 Å². The highest BCUT2D eigenvalue weighted by Crippen LogP contribution is 2.61. The van der Waals surface area contributed by atoms with Crippen LogP contribution in [0.1, 0.15) is 73.8 Å². The fourth-order valence-corrected chi connectivity index (χ4v) is 14.0. The molecule has 6 heterocycles. The van der Waals surface area contributed by atoms with Crippen LogP contribution in [0.3, 0.4) is 0 Å². The molecule has 0 spiro atoms. The van der Waals surface area contributed by atoms with Crippen molar-refractivity contribution in [1.29, 1.82) is 0 Å². The van der Waals surface area contributed by atoms with Gasteiger partial charge in [-0.05, 0) is 128 Å². The van der Waals surface area contributed by atoms with E-state index >= 15 is 8.78 Å². The molecule has 1 radical (unpaired) electrons. The Balaban J connectivity index is 0.813. The fraction of sp³-hybridized carbons (Fsp3) is 0.449. The van der Waals surface area contributed by atoms with E-state index in [0.717, 1.165) is 117 Å². The molecule has 0 bridgehead atoms. The molecule has 13 nitrogen and oxygen atoms in total. The average molecular weight is 986 g/mol. The van der Waals surface area contributed by atoms with E-state index in [9.17, 15) is 14.5 Å². The standard InChI is InChI=1S/C49H58BrF2N9O4P/c1-4-32-27-41(56-49-53-29-36(50)47(58-49)55-40-11-10-39-34(8-7-30(2)54-39)46(40)66(64)23-5-6-24-66)43(65-3)28-42(32)61-17-14-33(15-18-61)60-21-19-59(20-22-60)16-13-31-25-37(51)45(38(52)26-31)35-9-12-44(62)57-48(35)63/h7-8,10-11,25-29,33,35,64H,4-6,9,12-24H2,1-3H3,(H,57,62,63)(H2,53,55,56,58). The zero-order valence-corrected chi connectivity index (χ0v) is 40.3. The van der Waals surface area contributed by atoms with E-state index in [1.165, 1.54) is 23.4 Å². The summed E-state index contributed by atoms with van der Waals surface area (Å²) in [5, 5.41) is 11.1. The van der Waals surface area contributed by atoms with Crippen LogP contribution in [0.15, 0.2) is 59.2 Å². The Kier molecular flexibility index (Phi) is 13.9. The summed E-state index contributed by atoms with van der Waals surface area (Å²) in [5.41, 5.74) is 6.11. The Labute approximate surface area is 393 Å². The van der Waals surface area contributed by atoms with Crippen LogP contribution in [0.5, 0.6) is 5.75 Å². The van der Waals surface area contributed by atoms with Crippen molar-refractivity contribution in [2.75, 3.05) is 80.8 Å². The Morgan fingerprint density at radius 3 is 2.36 bits per heavy atom. The molecule has 4 saturated heterocycles. The third-order valence-electron chi connectivity index (χ3n) is 13.9. The molecule has 2 aromatic heterocycles. The summed E-state index contributed by atoms with van der Waals surface area (Å²) >= 11 is 3.67. The van der Waals surface area contributed by atoms with Gasteiger partial charge in [0, 0.05) is 106 Å². The number of nitrogens with zero attached hydrogens (tertiary/aromatic N) is 6. The highest BCUT2D eigenvalue weighted by molar-refractivity contribution is 9.10. The van der Waals surface area contributed by atoms with E-state index in [1.807, 2.05) is 25.1 Å². The molecular formula is C49H58BrF2N9O4P. The number of halogens is 3. The second-order valence-electron chi connectivity index (χ2n) is 18.1. The lowest BCUT2D eigenvalue weighted by Gasteiger charge is -2.43. The molecule has 9 rings (SSSR count). The number of hydrogen-bond donors (Lipinski definition) is 4. The second kappa shape index (κ2) is 19.8. The van der Waals surface area contributed by atoms with Crippen LogP contribution in [0.25, 0.3) is 10.9 Å². The third kappa shape index (κ3) is 9.76. The number of piperidine rings is 2. The van der Waals surface area contributed by atoms with E-state index in [2.05, 4.69) is 76.7 Å². The van der Waals surface area contributed by atoms with Gasteiger partial charge in [0.25, 0.3) is 0 Å². The Morgan fingerprint density at radius 2 is 1.67 bits per heavy atom. The van der Waals surface area contributed by atoms with Crippen LogP contribution in [0.2, 0.25) is 0 Å². The lowest BCUT2D eigenvalue weighted by molar-refractivity contribution is -0.134. The van der Waals surface area contributed by atoms with Crippen LogP contribution < -0.4 is 30.9 Å². The molecule has 0 saturated carbocycles. The molecule has 17 heteroatoms. The van der Waals surface area contributed by atoms with Gasteiger partial charge in [-0.3, -0.25) is 24.8 Å². The van der Waals surface area contributed by atoms with Crippen molar-refractivity contribution in [2.45, 2.75) is 77.2 Å². The zero-order chi connectivity index (χ0) is 46.1. The summed E-state index contributed by atoms with van der Waals surface area (Å²) in [4.78, 5) is 57.6. The van der Waals surface area contributed by atoms with Gasteiger partial charge < -0.3 is 30.1 Å². The third-order valence-corrected chi connectivity index (χ3v) is 17.9. The molecule has 4 N–H and O–H groups in total. The first kappa shape index (κ1) is 46.3. The number of carbonyl (C=O) groups excluding carboxylic acids is 2. The van der Waals surface area contributed by atoms with E-state index in [1.54, 1.807) is 13.3 Å². The van der Waals surface area contributed by atoms with E-state index in [4.69, 9.17) is 14.7 Å². The number of pyridine rings is 1. The van der Waals surface area contributed by atoms with Crippen molar-refractivity contribution in [3.8, 4) is 5.75 Å². The Hall–Kier alpha value is -4.86. The van der Waals surface area contributed by atoms with Gasteiger partial charge in [0.2, 0.25) is 17.8 Å². The fourth-order valence-electron chi connectivity index (χ4n) is 10.3. The van der Waals surface area contributed by atoms with Crippen LogP contribution in [-0.4, -0.2) is 113 Å². The number of amides is 2. The molecule has 3 aromatic carbocycles. The van der Waals surface area contributed by atoms with Gasteiger partial charge in [0.1, 0.15) is 23.2 Å². The number of methoxy groups -OCH3 is 1. The van der Waals surface area contributed by atoms with E-state index < -0.39 is 36.9 Å². The highest BCUT2D eigenvalue weighted by Gasteiger charge is 2.36. The van der Waals surface area contributed by atoms with Gasteiger partial charge in [0.05, 0.1) is 34.4 Å². The molecule has 66 heavy (non-hydrogen) atoms. The van der Waals surface area contributed by atoms with Crippen molar-refractivity contribution >= 4 is 80.3 Å². The summed E-state index contributed by atoms with van der Waals surface area (Å²) in [6.45, 7) is 10.3. The minimum Gasteiger partial charge on any atom is -0.494 e. The van der Waals surface area contributed by atoms with Crippen molar-refractivity contribution in [1.82, 2.24) is 30.1 Å². The maximum Gasteiger partial charge on any atom is 0.234 e. The summed E-state index contributed by atoms with van der Waals surface area (Å²) in [5.74, 6) is -1.82. The Bertz CT molecular complexity index is 2610. The number of nitrogens with one attached hydrogen (secondary N) is 3. The lowest BCUT2D eigenvalue weighted by Crippen LogP contribution is -2.53. The number of anilines is 5. The smallest absolute Gasteiger partial charge is 0.234 e. The zero-order valence-electron chi connectivity index (χ0n) is 37.8. The van der Waals surface area contributed by atoms with E-state index in [0.29, 0.717) is 46.6 Å². The molecule has 1 unspecified atom stereocenters. The predicted octanol–water partition coefficient (Wildman–Crippen LogP) is 8.13. The normalized spacial score (nSPS) is 19.6. The molecule has 349 valence electrons.